The molecule has 1 amide bonds. The van der Waals surface area contributed by atoms with Crippen LogP contribution in [0.15, 0.2) is 84.9 Å². The van der Waals surface area contributed by atoms with E-state index in [2.05, 4.69) is 4.90 Å². The first kappa shape index (κ1) is 29.2. The molecular weight excluding hydrogens is 504 g/mol. The van der Waals surface area contributed by atoms with Gasteiger partial charge < -0.3 is 24.0 Å². The molecule has 1 heterocycles. The first-order valence-corrected chi connectivity index (χ1v) is 13.7. The van der Waals surface area contributed by atoms with Crippen molar-refractivity contribution in [3.8, 4) is 5.75 Å². The molecule has 7 nitrogen and oxygen atoms in total. The Hall–Kier alpha value is -3.84. The van der Waals surface area contributed by atoms with Gasteiger partial charge in [0.15, 0.2) is 0 Å². The van der Waals surface area contributed by atoms with Gasteiger partial charge in [-0.3, -0.25) is 0 Å². The lowest BCUT2D eigenvalue weighted by Crippen LogP contribution is -2.56. The second-order valence-electron chi connectivity index (χ2n) is 11.6. The number of rotatable bonds is 8. The van der Waals surface area contributed by atoms with Crippen LogP contribution in [-0.4, -0.2) is 61.2 Å². The molecule has 0 bridgehead atoms. The average molecular weight is 545 g/mol. The SMILES string of the molecule is CN(C)CC1CN(C(=O)OC(C)(C)C)CCC1(OC(=O)c1ccccc1)c1cccc(OCc2ccccc2)c1. The number of amides is 1. The van der Waals surface area contributed by atoms with Gasteiger partial charge in [0.25, 0.3) is 0 Å². The number of piperidine rings is 1. The maximum absolute atomic E-state index is 13.5. The number of hydrogen-bond acceptors (Lipinski definition) is 6. The number of ether oxygens (including phenoxy) is 3. The van der Waals surface area contributed by atoms with Crippen LogP contribution in [0.1, 0.15) is 48.7 Å². The van der Waals surface area contributed by atoms with E-state index in [1.54, 1.807) is 17.0 Å². The summed E-state index contributed by atoms with van der Waals surface area (Å²) in [4.78, 5) is 30.4. The smallest absolute Gasteiger partial charge is 0.410 e. The van der Waals surface area contributed by atoms with E-state index < -0.39 is 17.2 Å². The van der Waals surface area contributed by atoms with Crippen LogP contribution in [0, 0.1) is 5.92 Å². The Labute approximate surface area is 237 Å². The molecule has 1 aliphatic heterocycles. The summed E-state index contributed by atoms with van der Waals surface area (Å²) in [6.07, 6.45) is 0.0602. The van der Waals surface area contributed by atoms with Crippen molar-refractivity contribution in [3.05, 3.63) is 102 Å². The molecule has 0 aliphatic carbocycles. The van der Waals surface area contributed by atoms with Crippen LogP contribution in [0.25, 0.3) is 0 Å². The lowest BCUT2D eigenvalue weighted by atomic mass is 9.75. The molecule has 2 atom stereocenters. The molecule has 7 heteroatoms. The van der Waals surface area contributed by atoms with E-state index in [1.807, 2.05) is 108 Å². The normalized spacial score (nSPS) is 19.2. The van der Waals surface area contributed by atoms with Gasteiger partial charge in [-0.1, -0.05) is 60.7 Å². The third kappa shape index (κ3) is 7.42. The fourth-order valence-electron chi connectivity index (χ4n) is 5.11. The summed E-state index contributed by atoms with van der Waals surface area (Å²) in [7, 11) is 3.96. The van der Waals surface area contributed by atoms with Crippen LogP contribution in [0.4, 0.5) is 4.79 Å². The lowest BCUT2D eigenvalue weighted by molar-refractivity contribution is -0.0988. The first-order chi connectivity index (χ1) is 19.1. The summed E-state index contributed by atoms with van der Waals surface area (Å²) < 4.78 is 18.4. The fraction of sp³-hybridized carbons (Fsp3) is 0.394. The van der Waals surface area contributed by atoms with Gasteiger partial charge in [-0.15, -0.1) is 0 Å². The molecule has 1 saturated heterocycles. The average Bonchev–Trinajstić information content (AvgIpc) is 2.93. The highest BCUT2D eigenvalue weighted by molar-refractivity contribution is 5.89. The topological polar surface area (TPSA) is 68.3 Å². The number of carbonyl (C=O) groups is 2. The number of carbonyl (C=O) groups excluding carboxylic acids is 2. The predicted molar refractivity (Wildman–Crippen MR) is 155 cm³/mol. The fourth-order valence-corrected chi connectivity index (χ4v) is 5.11. The second kappa shape index (κ2) is 12.6. The molecule has 2 unspecified atom stereocenters. The Kier molecular flexibility index (Phi) is 9.15. The van der Waals surface area contributed by atoms with Crippen LogP contribution >= 0.6 is 0 Å². The molecule has 3 aromatic rings. The summed E-state index contributed by atoms with van der Waals surface area (Å²) in [5.41, 5.74) is 0.804. The minimum atomic E-state index is -0.984. The van der Waals surface area contributed by atoms with E-state index in [0.717, 1.165) is 11.1 Å². The quantitative estimate of drug-likeness (QED) is 0.318. The maximum atomic E-state index is 13.5. The molecule has 3 aromatic carbocycles. The number of benzene rings is 3. The molecule has 0 radical (unpaired) electrons. The van der Waals surface area contributed by atoms with Gasteiger partial charge in [-0.05, 0) is 70.3 Å². The Balaban J connectivity index is 1.69. The lowest BCUT2D eigenvalue weighted by Gasteiger charge is -2.48. The highest BCUT2D eigenvalue weighted by atomic mass is 16.6. The second-order valence-corrected chi connectivity index (χ2v) is 11.6. The Morgan fingerprint density at radius 3 is 2.27 bits per heavy atom. The molecule has 40 heavy (non-hydrogen) atoms. The number of likely N-dealkylation sites (tertiary alicyclic amines) is 1. The van der Waals surface area contributed by atoms with Crippen LogP contribution in [0.3, 0.4) is 0 Å². The van der Waals surface area contributed by atoms with Gasteiger partial charge in [-0.25, -0.2) is 9.59 Å². The van der Waals surface area contributed by atoms with Gasteiger partial charge in [0, 0.05) is 32.0 Å². The van der Waals surface area contributed by atoms with E-state index in [1.165, 1.54) is 0 Å². The van der Waals surface area contributed by atoms with E-state index in [0.29, 0.717) is 44.0 Å². The Morgan fingerprint density at radius 1 is 0.950 bits per heavy atom. The van der Waals surface area contributed by atoms with Crippen LogP contribution < -0.4 is 4.74 Å². The number of hydrogen-bond donors (Lipinski definition) is 0. The molecule has 1 aliphatic rings. The van der Waals surface area contributed by atoms with Crippen LogP contribution in [0.5, 0.6) is 5.75 Å². The zero-order valence-electron chi connectivity index (χ0n) is 24.1. The zero-order valence-corrected chi connectivity index (χ0v) is 24.1. The van der Waals surface area contributed by atoms with E-state index in [4.69, 9.17) is 14.2 Å². The largest absolute Gasteiger partial charge is 0.489 e. The Morgan fingerprint density at radius 2 is 1.62 bits per heavy atom. The monoisotopic (exact) mass is 544 g/mol. The molecule has 0 saturated carbocycles. The van der Waals surface area contributed by atoms with E-state index in [-0.39, 0.29) is 12.0 Å². The maximum Gasteiger partial charge on any atom is 0.410 e. The summed E-state index contributed by atoms with van der Waals surface area (Å²) in [5, 5.41) is 0. The first-order valence-electron chi connectivity index (χ1n) is 13.7. The Bertz CT molecular complexity index is 1270. The molecule has 212 valence electrons. The third-order valence-electron chi connectivity index (χ3n) is 6.95. The summed E-state index contributed by atoms with van der Waals surface area (Å²) in [5.74, 6) is 0.0705. The van der Waals surface area contributed by atoms with Crippen molar-refractivity contribution < 1.29 is 23.8 Å². The van der Waals surface area contributed by atoms with E-state index in [9.17, 15) is 9.59 Å². The summed E-state index contributed by atoms with van der Waals surface area (Å²) in [6, 6.07) is 26.8. The van der Waals surface area contributed by atoms with E-state index >= 15 is 0 Å². The molecule has 1 fully saturated rings. The molecule has 0 spiro atoms. The van der Waals surface area contributed by atoms with Crippen molar-refractivity contribution in [1.82, 2.24) is 9.80 Å². The van der Waals surface area contributed by atoms with Crippen molar-refractivity contribution >= 4 is 12.1 Å². The van der Waals surface area contributed by atoms with Crippen LogP contribution in [0.2, 0.25) is 0 Å². The van der Waals surface area contributed by atoms with Gasteiger partial charge in [0.05, 0.1) is 5.56 Å². The van der Waals surface area contributed by atoms with Gasteiger partial charge in [0.2, 0.25) is 0 Å². The van der Waals surface area contributed by atoms with Gasteiger partial charge >= 0.3 is 12.1 Å². The molecular formula is C33H40N2O5. The van der Waals surface area contributed by atoms with Crippen molar-refractivity contribution in [2.24, 2.45) is 5.92 Å². The summed E-state index contributed by atoms with van der Waals surface area (Å²) in [6.45, 7) is 7.36. The van der Waals surface area contributed by atoms with Crippen molar-refractivity contribution in [3.63, 3.8) is 0 Å². The standard InChI is InChI=1S/C33H40N2O5/c1-32(2,3)40-31(37)35-20-19-33(28(23-35)22-34(4)5,39-30(36)26-15-10-7-11-16-26)27-17-12-18-29(21-27)38-24-25-13-8-6-9-14-25/h6-18,21,28H,19-20,22-24H2,1-5H3. The molecule has 0 aromatic heterocycles. The number of esters is 1. The van der Waals surface area contributed by atoms with Crippen molar-refractivity contribution in [1.29, 1.82) is 0 Å². The van der Waals surface area contributed by atoms with Gasteiger partial charge in [-0.2, -0.15) is 0 Å². The van der Waals surface area contributed by atoms with Crippen molar-refractivity contribution in [2.45, 2.75) is 45.0 Å². The minimum Gasteiger partial charge on any atom is -0.489 e. The zero-order chi connectivity index (χ0) is 28.8. The molecule has 4 rings (SSSR count). The summed E-state index contributed by atoms with van der Waals surface area (Å²) >= 11 is 0. The van der Waals surface area contributed by atoms with Gasteiger partial charge in [0.1, 0.15) is 23.6 Å². The predicted octanol–water partition coefficient (Wildman–Crippen LogP) is 6.14. The van der Waals surface area contributed by atoms with Crippen LogP contribution in [-0.2, 0) is 21.7 Å². The third-order valence-corrected chi connectivity index (χ3v) is 6.95. The highest BCUT2D eigenvalue weighted by Crippen LogP contribution is 2.43. The molecule has 0 N–H and O–H groups in total. The van der Waals surface area contributed by atoms with Crippen molar-refractivity contribution in [2.75, 3.05) is 33.7 Å². The minimum absolute atomic E-state index is 0.221. The highest BCUT2D eigenvalue weighted by Gasteiger charge is 2.49. The number of nitrogens with zero attached hydrogens (tertiary/aromatic N) is 2.